The van der Waals surface area contributed by atoms with Gasteiger partial charge in [0.15, 0.2) is 0 Å². The van der Waals surface area contributed by atoms with Crippen LogP contribution in [-0.4, -0.2) is 33.3 Å². The number of nitrogens with zero attached hydrogens (tertiary/aromatic N) is 2. The fourth-order valence-corrected chi connectivity index (χ4v) is 5.23. The summed E-state index contributed by atoms with van der Waals surface area (Å²) in [6.45, 7) is 6.10. The summed E-state index contributed by atoms with van der Waals surface area (Å²) in [5.74, 6) is -1.01. The molecular formula is C31H26N2O4S. The molecule has 38 heavy (non-hydrogen) atoms. The van der Waals surface area contributed by atoms with Gasteiger partial charge in [0.25, 0.3) is 11.7 Å². The van der Waals surface area contributed by atoms with E-state index in [1.807, 2.05) is 66.9 Å². The Labute approximate surface area is 225 Å². The highest BCUT2D eigenvalue weighted by Gasteiger charge is 2.46. The average molecular weight is 523 g/mol. The normalized spacial score (nSPS) is 16.6. The number of aryl methyl sites for hydroxylation is 1. The SMILES string of the molecule is C=CCOc1ccc(/C(O)=C2\C(=O)C(=O)N(Cc3nc(-c4ccccc4)cs3)C2c2ccc(C)cc2)cc1. The number of hydrogen-bond acceptors (Lipinski definition) is 6. The summed E-state index contributed by atoms with van der Waals surface area (Å²) in [4.78, 5) is 32.9. The van der Waals surface area contributed by atoms with Crippen molar-refractivity contribution < 1.29 is 19.4 Å². The molecule has 1 N–H and O–H groups in total. The zero-order valence-corrected chi connectivity index (χ0v) is 21.7. The van der Waals surface area contributed by atoms with E-state index in [1.165, 1.54) is 16.2 Å². The van der Waals surface area contributed by atoms with Crippen LogP contribution >= 0.6 is 11.3 Å². The number of ketones is 1. The second-order valence-electron chi connectivity index (χ2n) is 8.95. The van der Waals surface area contributed by atoms with E-state index in [0.29, 0.717) is 22.9 Å². The Bertz CT molecular complexity index is 1510. The molecule has 2 heterocycles. The molecule has 0 saturated carbocycles. The van der Waals surface area contributed by atoms with Gasteiger partial charge >= 0.3 is 0 Å². The zero-order chi connectivity index (χ0) is 26.6. The van der Waals surface area contributed by atoms with Gasteiger partial charge in [-0.1, -0.05) is 72.8 Å². The van der Waals surface area contributed by atoms with Crippen LogP contribution in [0.15, 0.2) is 102 Å². The maximum Gasteiger partial charge on any atom is 0.296 e. The molecule has 1 saturated heterocycles. The summed E-state index contributed by atoms with van der Waals surface area (Å²) in [6, 6.07) is 23.4. The van der Waals surface area contributed by atoms with Gasteiger partial charge in [-0.25, -0.2) is 4.98 Å². The topological polar surface area (TPSA) is 79.7 Å². The summed E-state index contributed by atoms with van der Waals surface area (Å²) >= 11 is 1.43. The van der Waals surface area contributed by atoms with Gasteiger partial charge in [-0.15, -0.1) is 11.3 Å². The molecule has 1 aliphatic rings. The number of thiazole rings is 1. The molecule has 1 unspecified atom stereocenters. The lowest BCUT2D eigenvalue weighted by molar-refractivity contribution is -0.140. The molecule has 5 rings (SSSR count). The van der Waals surface area contributed by atoms with Crippen molar-refractivity contribution in [3.8, 4) is 17.0 Å². The Morgan fingerprint density at radius 1 is 1.05 bits per heavy atom. The standard InChI is InChI=1S/C31H26N2O4S/c1-3-17-37-24-15-13-23(14-16-24)29(34)27-28(22-11-9-20(2)10-12-22)33(31(36)30(27)35)18-26-32-25(19-38-26)21-7-5-4-6-8-21/h3-16,19,28,34H,1,17-18H2,2H3/b29-27+. The number of carbonyl (C=O) groups is 2. The summed E-state index contributed by atoms with van der Waals surface area (Å²) in [5.41, 5.74) is 4.06. The van der Waals surface area contributed by atoms with Gasteiger partial charge in [-0.3, -0.25) is 9.59 Å². The highest BCUT2D eigenvalue weighted by Crippen LogP contribution is 2.41. The summed E-state index contributed by atoms with van der Waals surface area (Å²) in [5, 5.41) is 14.0. The molecule has 0 radical (unpaired) electrons. The molecule has 0 spiro atoms. The van der Waals surface area contributed by atoms with Gasteiger partial charge in [-0.2, -0.15) is 0 Å². The third kappa shape index (κ3) is 5.01. The first-order chi connectivity index (χ1) is 18.5. The first-order valence-electron chi connectivity index (χ1n) is 12.1. The number of aromatic nitrogens is 1. The van der Waals surface area contributed by atoms with E-state index in [4.69, 9.17) is 9.72 Å². The Hall–Kier alpha value is -4.49. The second kappa shape index (κ2) is 10.9. The lowest BCUT2D eigenvalue weighted by Crippen LogP contribution is -2.29. The molecule has 190 valence electrons. The molecule has 7 heteroatoms. The number of rotatable bonds is 8. The van der Waals surface area contributed by atoms with E-state index in [-0.39, 0.29) is 17.9 Å². The van der Waals surface area contributed by atoms with Crippen LogP contribution in [0.1, 0.15) is 27.7 Å². The number of likely N-dealkylation sites (tertiary alicyclic amines) is 1. The zero-order valence-electron chi connectivity index (χ0n) is 20.8. The summed E-state index contributed by atoms with van der Waals surface area (Å²) in [7, 11) is 0. The fraction of sp³-hybridized carbons (Fsp3) is 0.129. The van der Waals surface area contributed by atoms with E-state index < -0.39 is 17.7 Å². The predicted octanol–water partition coefficient (Wildman–Crippen LogP) is 6.31. The number of benzene rings is 3. The fourth-order valence-electron chi connectivity index (χ4n) is 4.43. The number of aliphatic hydroxyl groups is 1. The second-order valence-corrected chi connectivity index (χ2v) is 9.90. The minimum Gasteiger partial charge on any atom is -0.507 e. The number of aliphatic hydroxyl groups excluding tert-OH is 1. The molecule has 1 aliphatic heterocycles. The van der Waals surface area contributed by atoms with Crippen molar-refractivity contribution in [2.24, 2.45) is 0 Å². The Balaban J connectivity index is 1.53. The van der Waals surface area contributed by atoms with Gasteiger partial charge in [0, 0.05) is 16.5 Å². The van der Waals surface area contributed by atoms with Crippen LogP contribution in [0.3, 0.4) is 0 Å². The number of amides is 1. The van der Waals surface area contributed by atoms with Crippen molar-refractivity contribution in [1.29, 1.82) is 0 Å². The average Bonchev–Trinajstić information content (AvgIpc) is 3.51. The van der Waals surface area contributed by atoms with Crippen LogP contribution in [-0.2, 0) is 16.1 Å². The Morgan fingerprint density at radius 3 is 2.45 bits per heavy atom. The van der Waals surface area contributed by atoms with E-state index in [0.717, 1.165) is 22.4 Å². The van der Waals surface area contributed by atoms with Crippen molar-refractivity contribution in [1.82, 2.24) is 9.88 Å². The van der Waals surface area contributed by atoms with Crippen molar-refractivity contribution in [3.63, 3.8) is 0 Å². The van der Waals surface area contributed by atoms with Crippen molar-refractivity contribution >= 4 is 28.8 Å². The summed E-state index contributed by atoms with van der Waals surface area (Å²) in [6.07, 6.45) is 1.64. The van der Waals surface area contributed by atoms with Crippen LogP contribution in [0.2, 0.25) is 0 Å². The Morgan fingerprint density at radius 2 is 1.76 bits per heavy atom. The van der Waals surface area contributed by atoms with E-state index in [9.17, 15) is 14.7 Å². The number of carbonyl (C=O) groups excluding carboxylic acids is 2. The molecule has 3 aromatic carbocycles. The van der Waals surface area contributed by atoms with Crippen LogP contribution in [0, 0.1) is 6.92 Å². The van der Waals surface area contributed by atoms with Gasteiger partial charge in [0.2, 0.25) is 0 Å². The molecular weight excluding hydrogens is 496 g/mol. The molecule has 0 aliphatic carbocycles. The maximum absolute atomic E-state index is 13.3. The predicted molar refractivity (Wildman–Crippen MR) is 149 cm³/mol. The van der Waals surface area contributed by atoms with Gasteiger partial charge in [-0.05, 0) is 36.8 Å². The molecule has 1 atom stereocenters. The number of Topliss-reactive ketones (excluding diaryl/α,β-unsaturated/α-hetero) is 1. The van der Waals surface area contributed by atoms with Crippen LogP contribution in [0.25, 0.3) is 17.0 Å². The molecule has 1 amide bonds. The highest BCUT2D eigenvalue weighted by atomic mass is 32.1. The monoisotopic (exact) mass is 522 g/mol. The van der Waals surface area contributed by atoms with Gasteiger partial charge in [0.1, 0.15) is 23.1 Å². The number of hydrogen-bond donors (Lipinski definition) is 1. The largest absolute Gasteiger partial charge is 0.507 e. The van der Waals surface area contributed by atoms with Crippen LogP contribution in [0.5, 0.6) is 5.75 Å². The molecule has 6 nitrogen and oxygen atoms in total. The lowest BCUT2D eigenvalue weighted by atomic mass is 9.94. The van der Waals surface area contributed by atoms with Gasteiger partial charge < -0.3 is 14.7 Å². The molecule has 4 aromatic rings. The van der Waals surface area contributed by atoms with Gasteiger partial charge in [0.05, 0.1) is 23.9 Å². The number of ether oxygens (including phenoxy) is 1. The maximum atomic E-state index is 13.3. The minimum absolute atomic E-state index is 0.0541. The Kier molecular flexibility index (Phi) is 7.20. The van der Waals surface area contributed by atoms with E-state index in [1.54, 1.807) is 30.3 Å². The third-order valence-corrected chi connectivity index (χ3v) is 7.19. The highest BCUT2D eigenvalue weighted by molar-refractivity contribution is 7.09. The third-order valence-electron chi connectivity index (χ3n) is 6.36. The lowest BCUT2D eigenvalue weighted by Gasteiger charge is -2.24. The first-order valence-corrected chi connectivity index (χ1v) is 13.0. The quantitative estimate of drug-likeness (QED) is 0.127. The first kappa shape index (κ1) is 25.2. The molecule has 1 fully saturated rings. The van der Waals surface area contributed by atoms with Crippen molar-refractivity contribution in [3.05, 3.63) is 124 Å². The van der Waals surface area contributed by atoms with Crippen molar-refractivity contribution in [2.75, 3.05) is 6.61 Å². The smallest absolute Gasteiger partial charge is 0.296 e. The summed E-state index contributed by atoms with van der Waals surface area (Å²) < 4.78 is 5.52. The minimum atomic E-state index is -0.753. The molecule has 1 aromatic heterocycles. The van der Waals surface area contributed by atoms with Crippen LogP contribution in [0.4, 0.5) is 0 Å². The van der Waals surface area contributed by atoms with Crippen LogP contribution < -0.4 is 4.74 Å². The van der Waals surface area contributed by atoms with E-state index >= 15 is 0 Å². The van der Waals surface area contributed by atoms with Crippen molar-refractivity contribution in [2.45, 2.75) is 19.5 Å². The molecule has 0 bridgehead atoms. The van der Waals surface area contributed by atoms with E-state index in [2.05, 4.69) is 6.58 Å².